The van der Waals surface area contributed by atoms with Gasteiger partial charge in [-0.25, -0.2) is 4.68 Å². The minimum atomic E-state index is 0.256. The number of halogens is 1. The molecular formula is C12H13ClN2O. The number of aromatic hydroxyl groups is 1. The first kappa shape index (κ1) is 11.0. The van der Waals surface area contributed by atoms with Gasteiger partial charge in [0.25, 0.3) is 0 Å². The van der Waals surface area contributed by atoms with Crippen molar-refractivity contribution in [1.82, 2.24) is 9.78 Å². The normalized spacial score (nSPS) is 10.6. The second-order valence-corrected chi connectivity index (χ2v) is 3.80. The van der Waals surface area contributed by atoms with E-state index >= 15 is 0 Å². The van der Waals surface area contributed by atoms with Crippen LogP contribution >= 0.6 is 11.6 Å². The van der Waals surface area contributed by atoms with Crippen LogP contribution in [0.1, 0.15) is 18.2 Å². The number of rotatable bonds is 3. The van der Waals surface area contributed by atoms with Crippen LogP contribution in [0.3, 0.4) is 0 Å². The first-order valence-corrected chi connectivity index (χ1v) is 5.71. The molecule has 3 nitrogen and oxygen atoms in total. The van der Waals surface area contributed by atoms with Crippen molar-refractivity contribution < 1.29 is 5.11 Å². The van der Waals surface area contributed by atoms with Crippen molar-refractivity contribution in [2.24, 2.45) is 0 Å². The number of benzene rings is 1. The second-order valence-electron chi connectivity index (χ2n) is 3.53. The monoisotopic (exact) mass is 236 g/mol. The minimum absolute atomic E-state index is 0.256. The average Bonchev–Trinajstić information content (AvgIpc) is 2.72. The molecule has 0 bridgehead atoms. The van der Waals surface area contributed by atoms with Gasteiger partial charge in [0.1, 0.15) is 5.75 Å². The fourth-order valence-electron chi connectivity index (χ4n) is 1.71. The van der Waals surface area contributed by atoms with Crippen molar-refractivity contribution in [3.63, 3.8) is 0 Å². The van der Waals surface area contributed by atoms with Crippen LogP contribution in [-0.4, -0.2) is 14.9 Å². The van der Waals surface area contributed by atoms with Crippen molar-refractivity contribution in [2.45, 2.75) is 19.2 Å². The Hall–Kier alpha value is -1.48. The van der Waals surface area contributed by atoms with Crippen LogP contribution in [0.5, 0.6) is 5.75 Å². The van der Waals surface area contributed by atoms with Crippen LogP contribution in [0.2, 0.25) is 0 Å². The molecule has 0 atom stereocenters. The molecule has 0 aliphatic rings. The van der Waals surface area contributed by atoms with E-state index in [0.717, 1.165) is 23.4 Å². The molecule has 0 radical (unpaired) electrons. The van der Waals surface area contributed by atoms with Crippen LogP contribution in [0.4, 0.5) is 0 Å². The lowest BCUT2D eigenvalue weighted by Crippen LogP contribution is -2.01. The fourth-order valence-corrected chi connectivity index (χ4v) is 1.94. The second kappa shape index (κ2) is 4.58. The van der Waals surface area contributed by atoms with Gasteiger partial charge in [-0.2, -0.15) is 5.10 Å². The lowest BCUT2D eigenvalue weighted by atomic mass is 10.2. The maximum Gasteiger partial charge on any atom is 0.115 e. The van der Waals surface area contributed by atoms with Crippen LogP contribution < -0.4 is 0 Å². The van der Waals surface area contributed by atoms with Crippen molar-refractivity contribution >= 4 is 11.6 Å². The van der Waals surface area contributed by atoms with Gasteiger partial charge in [-0.1, -0.05) is 6.92 Å². The summed E-state index contributed by atoms with van der Waals surface area (Å²) in [5.74, 6) is 0.730. The molecule has 4 heteroatoms. The zero-order chi connectivity index (χ0) is 11.5. The molecule has 0 spiro atoms. The summed E-state index contributed by atoms with van der Waals surface area (Å²) in [6.07, 6.45) is 2.67. The average molecular weight is 237 g/mol. The summed E-state index contributed by atoms with van der Waals surface area (Å²) in [7, 11) is 0. The largest absolute Gasteiger partial charge is 0.508 e. The van der Waals surface area contributed by atoms with Gasteiger partial charge in [-0.3, -0.25) is 0 Å². The number of phenols is 1. The molecule has 0 saturated carbocycles. The SMILES string of the molecule is CCc1c(CCl)cnn1-c1ccc(O)cc1. The number of phenolic OH excluding ortho intramolecular Hbond substituents is 1. The number of nitrogens with zero attached hydrogens (tertiary/aromatic N) is 2. The molecule has 2 aromatic rings. The summed E-state index contributed by atoms with van der Waals surface area (Å²) >= 11 is 5.84. The highest BCUT2D eigenvalue weighted by atomic mass is 35.5. The highest BCUT2D eigenvalue weighted by Gasteiger charge is 2.09. The van der Waals surface area contributed by atoms with Gasteiger partial charge in [0.15, 0.2) is 0 Å². The van der Waals surface area contributed by atoms with E-state index in [1.54, 1.807) is 18.3 Å². The van der Waals surface area contributed by atoms with Crippen LogP contribution in [0.15, 0.2) is 30.5 Å². The van der Waals surface area contributed by atoms with Crippen LogP contribution in [0.25, 0.3) is 5.69 Å². The van der Waals surface area contributed by atoms with Gasteiger partial charge < -0.3 is 5.11 Å². The van der Waals surface area contributed by atoms with Crippen molar-refractivity contribution in [2.75, 3.05) is 0 Å². The Morgan fingerprint density at radius 1 is 1.31 bits per heavy atom. The van der Waals surface area contributed by atoms with E-state index in [0.29, 0.717) is 5.88 Å². The molecule has 1 heterocycles. The zero-order valence-corrected chi connectivity index (χ0v) is 9.78. The molecule has 1 aromatic heterocycles. The number of hydrogen-bond acceptors (Lipinski definition) is 2. The molecule has 0 aliphatic carbocycles. The Morgan fingerprint density at radius 3 is 2.56 bits per heavy atom. The molecule has 0 amide bonds. The smallest absolute Gasteiger partial charge is 0.115 e. The van der Waals surface area contributed by atoms with Crippen molar-refractivity contribution in [3.05, 3.63) is 41.7 Å². The number of alkyl halides is 1. The summed E-state index contributed by atoms with van der Waals surface area (Å²) in [6, 6.07) is 6.96. The summed E-state index contributed by atoms with van der Waals surface area (Å²) in [5.41, 5.74) is 3.10. The summed E-state index contributed by atoms with van der Waals surface area (Å²) < 4.78 is 1.86. The van der Waals surface area contributed by atoms with Gasteiger partial charge in [-0.05, 0) is 30.7 Å². The molecular weight excluding hydrogens is 224 g/mol. The summed E-state index contributed by atoms with van der Waals surface area (Å²) in [5, 5.41) is 13.5. The lowest BCUT2D eigenvalue weighted by molar-refractivity contribution is 0.475. The third-order valence-electron chi connectivity index (χ3n) is 2.53. The highest BCUT2D eigenvalue weighted by molar-refractivity contribution is 6.17. The summed E-state index contributed by atoms with van der Waals surface area (Å²) in [4.78, 5) is 0. The maximum atomic E-state index is 9.23. The molecule has 16 heavy (non-hydrogen) atoms. The maximum absolute atomic E-state index is 9.23. The topological polar surface area (TPSA) is 38.0 Å². The molecule has 0 saturated heterocycles. The fraction of sp³-hybridized carbons (Fsp3) is 0.250. The van der Waals surface area contributed by atoms with E-state index in [4.69, 9.17) is 11.6 Å². The van der Waals surface area contributed by atoms with E-state index in [-0.39, 0.29) is 5.75 Å². The van der Waals surface area contributed by atoms with E-state index in [2.05, 4.69) is 12.0 Å². The molecule has 1 N–H and O–H groups in total. The van der Waals surface area contributed by atoms with E-state index < -0.39 is 0 Å². The van der Waals surface area contributed by atoms with Gasteiger partial charge in [0.05, 0.1) is 17.8 Å². The molecule has 0 fully saturated rings. The van der Waals surface area contributed by atoms with E-state index in [1.165, 1.54) is 0 Å². The van der Waals surface area contributed by atoms with Gasteiger partial charge in [-0.15, -0.1) is 11.6 Å². The Balaban J connectivity index is 2.47. The molecule has 0 unspecified atom stereocenters. The summed E-state index contributed by atoms with van der Waals surface area (Å²) in [6.45, 7) is 2.07. The van der Waals surface area contributed by atoms with Gasteiger partial charge in [0, 0.05) is 11.3 Å². The zero-order valence-electron chi connectivity index (χ0n) is 9.02. The number of aromatic nitrogens is 2. The molecule has 84 valence electrons. The lowest BCUT2D eigenvalue weighted by Gasteiger charge is -2.06. The van der Waals surface area contributed by atoms with E-state index in [9.17, 15) is 5.11 Å². The minimum Gasteiger partial charge on any atom is -0.508 e. The Kier molecular flexibility index (Phi) is 3.15. The van der Waals surface area contributed by atoms with E-state index in [1.807, 2.05) is 16.8 Å². The Morgan fingerprint density at radius 2 is 2.00 bits per heavy atom. The van der Waals surface area contributed by atoms with Gasteiger partial charge >= 0.3 is 0 Å². The van der Waals surface area contributed by atoms with Crippen molar-refractivity contribution in [3.8, 4) is 11.4 Å². The highest BCUT2D eigenvalue weighted by Crippen LogP contribution is 2.19. The predicted octanol–water partition coefficient (Wildman–Crippen LogP) is 2.88. The third kappa shape index (κ3) is 1.91. The van der Waals surface area contributed by atoms with Crippen LogP contribution in [-0.2, 0) is 12.3 Å². The first-order chi connectivity index (χ1) is 7.76. The third-order valence-corrected chi connectivity index (χ3v) is 2.82. The predicted molar refractivity (Wildman–Crippen MR) is 64.2 cm³/mol. The first-order valence-electron chi connectivity index (χ1n) is 5.17. The molecule has 0 aliphatic heterocycles. The Bertz CT molecular complexity index is 476. The molecule has 1 aromatic carbocycles. The Labute approximate surface area is 99.3 Å². The quantitative estimate of drug-likeness (QED) is 0.833. The molecule has 2 rings (SSSR count). The van der Waals surface area contributed by atoms with Gasteiger partial charge in [0.2, 0.25) is 0 Å². The van der Waals surface area contributed by atoms with Crippen molar-refractivity contribution in [1.29, 1.82) is 0 Å². The number of hydrogen-bond donors (Lipinski definition) is 1. The standard InChI is InChI=1S/C12H13ClN2O/c1-2-12-9(7-13)8-14-15(12)10-3-5-11(16)6-4-10/h3-6,8,16H,2,7H2,1H3. The van der Waals surface area contributed by atoms with Crippen LogP contribution in [0, 0.1) is 0 Å².